The second-order valence-electron chi connectivity index (χ2n) is 6.14. The smallest absolute Gasteiger partial charge is 0.140 e. The number of halogens is 2. The molecule has 0 aliphatic carbocycles. The largest absolute Gasteiger partial charge is 0.483 e. The van der Waals surface area contributed by atoms with Crippen LogP contribution < -0.4 is 4.74 Å². The summed E-state index contributed by atoms with van der Waals surface area (Å²) in [5, 5.41) is 2.37. The summed E-state index contributed by atoms with van der Waals surface area (Å²) in [5.41, 5.74) is 1.17. The van der Waals surface area contributed by atoms with Crippen LogP contribution in [0.5, 0.6) is 5.75 Å². The molecule has 1 aliphatic heterocycles. The van der Waals surface area contributed by atoms with E-state index in [9.17, 15) is 0 Å². The Bertz CT molecular complexity index is 877. The van der Waals surface area contributed by atoms with Crippen molar-refractivity contribution in [2.24, 2.45) is 0 Å². The number of hydrogen-bond donors (Lipinski definition) is 0. The van der Waals surface area contributed by atoms with E-state index in [4.69, 9.17) is 9.15 Å². The number of ether oxygens (including phenoxy) is 1. The van der Waals surface area contributed by atoms with Gasteiger partial charge in [0.05, 0.1) is 11.0 Å². The molecule has 5 heteroatoms. The highest BCUT2D eigenvalue weighted by Gasteiger charge is 2.28. The Kier molecular flexibility index (Phi) is 4.90. The first-order valence-electron chi connectivity index (χ1n) is 7.73. The summed E-state index contributed by atoms with van der Waals surface area (Å²) < 4.78 is 13.2. The number of hydrogen-bond acceptors (Lipinski definition) is 3. The Morgan fingerprint density at radius 3 is 2.83 bits per heavy atom. The number of likely N-dealkylation sites (N-methyl/N-ethyl adjacent to an activating group) is 1. The molecule has 1 atom stereocenters. The summed E-state index contributed by atoms with van der Waals surface area (Å²) in [5.74, 6) is 2.82. The SMILES string of the molecule is Cc1cc2c(o1)CN(C)CC2Oc1ccc2ccccc2c1Br.Cl. The molecule has 24 heavy (non-hydrogen) atoms. The number of benzene rings is 2. The molecule has 0 bridgehead atoms. The lowest BCUT2D eigenvalue weighted by molar-refractivity contribution is 0.119. The standard InChI is InChI=1S/C19H18BrNO2.ClH/c1-12-9-15-17(22-12)10-21(2)11-18(15)23-16-8-7-13-5-3-4-6-14(13)19(16)20;/h3-9,18H,10-11H2,1-2H3;1H. The van der Waals surface area contributed by atoms with E-state index in [0.717, 1.165) is 40.2 Å². The molecular formula is C19H19BrClNO2. The number of furan rings is 1. The fourth-order valence-electron chi connectivity index (χ4n) is 3.23. The van der Waals surface area contributed by atoms with Crippen LogP contribution in [0, 0.1) is 6.92 Å². The molecule has 0 spiro atoms. The predicted octanol–water partition coefficient (Wildman–Crippen LogP) is 5.49. The lowest BCUT2D eigenvalue weighted by Gasteiger charge is -2.29. The summed E-state index contributed by atoms with van der Waals surface area (Å²) in [6.07, 6.45) is -0.0151. The molecule has 2 heterocycles. The van der Waals surface area contributed by atoms with Crippen molar-refractivity contribution in [3.8, 4) is 5.75 Å². The van der Waals surface area contributed by atoms with Crippen molar-refractivity contribution in [2.75, 3.05) is 13.6 Å². The fraction of sp³-hybridized carbons (Fsp3) is 0.263. The Morgan fingerprint density at radius 2 is 2.00 bits per heavy atom. The average Bonchev–Trinajstić information content (AvgIpc) is 2.90. The Morgan fingerprint density at radius 1 is 1.21 bits per heavy atom. The molecule has 1 unspecified atom stereocenters. The molecule has 0 amide bonds. The molecule has 3 nitrogen and oxygen atoms in total. The van der Waals surface area contributed by atoms with Crippen molar-refractivity contribution in [2.45, 2.75) is 19.6 Å². The molecule has 3 aromatic rings. The van der Waals surface area contributed by atoms with Crippen molar-refractivity contribution < 1.29 is 9.15 Å². The van der Waals surface area contributed by atoms with Gasteiger partial charge in [-0.15, -0.1) is 12.4 Å². The Balaban J connectivity index is 0.00000169. The normalized spacial score (nSPS) is 17.4. The molecule has 0 N–H and O–H groups in total. The van der Waals surface area contributed by atoms with Gasteiger partial charge in [0.25, 0.3) is 0 Å². The summed E-state index contributed by atoms with van der Waals surface area (Å²) >= 11 is 3.71. The van der Waals surface area contributed by atoms with Crippen LogP contribution >= 0.6 is 28.3 Å². The van der Waals surface area contributed by atoms with Crippen LogP contribution in [0.2, 0.25) is 0 Å². The molecule has 0 saturated carbocycles. The molecule has 2 aromatic carbocycles. The lowest BCUT2D eigenvalue weighted by atomic mass is 10.0. The molecule has 0 fully saturated rings. The third-order valence-corrected chi connectivity index (χ3v) is 5.12. The minimum atomic E-state index is -0.0151. The second-order valence-corrected chi connectivity index (χ2v) is 6.93. The third kappa shape index (κ3) is 3.06. The highest BCUT2D eigenvalue weighted by Crippen LogP contribution is 2.38. The van der Waals surface area contributed by atoms with Crippen molar-refractivity contribution in [1.82, 2.24) is 4.90 Å². The highest BCUT2D eigenvalue weighted by atomic mass is 79.9. The van der Waals surface area contributed by atoms with Gasteiger partial charge in [-0.25, -0.2) is 0 Å². The first-order valence-corrected chi connectivity index (χ1v) is 8.53. The van der Waals surface area contributed by atoms with Gasteiger partial charge in [0.2, 0.25) is 0 Å². The second kappa shape index (κ2) is 6.79. The highest BCUT2D eigenvalue weighted by molar-refractivity contribution is 9.10. The monoisotopic (exact) mass is 407 g/mol. The Labute approximate surface area is 156 Å². The zero-order chi connectivity index (χ0) is 16.0. The summed E-state index contributed by atoms with van der Waals surface area (Å²) in [4.78, 5) is 2.23. The summed E-state index contributed by atoms with van der Waals surface area (Å²) in [6.45, 7) is 3.68. The van der Waals surface area contributed by atoms with Gasteiger partial charge in [0.1, 0.15) is 23.4 Å². The van der Waals surface area contributed by atoms with E-state index >= 15 is 0 Å². The van der Waals surface area contributed by atoms with Gasteiger partial charge < -0.3 is 9.15 Å². The van der Waals surface area contributed by atoms with E-state index in [1.807, 2.05) is 25.1 Å². The van der Waals surface area contributed by atoms with Crippen molar-refractivity contribution in [3.05, 3.63) is 64.0 Å². The minimum Gasteiger partial charge on any atom is -0.483 e. The first-order chi connectivity index (χ1) is 11.1. The van der Waals surface area contributed by atoms with Crippen LogP contribution in [0.1, 0.15) is 23.2 Å². The summed E-state index contributed by atoms with van der Waals surface area (Å²) in [7, 11) is 2.09. The van der Waals surface area contributed by atoms with Crippen LogP contribution in [0.15, 0.2) is 51.4 Å². The van der Waals surface area contributed by atoms with E-state index in [1.54, 1.807) is 0 Å². The lowest BCUT2D eigenvalue weighted by Crippen LogP contribution is -2.32. The van der Waals surface area contributed by atoms with Crippen LogP contribution in [0.4, 0.5) is 0 Å². The Hall–Kier alpha value is -1.49. The molecule has 126 valence electrons. The zero-order valence-corrected chi connectivity index (χ0v) is 16.0. The zero-order valence-electron chi connectivity index (χ0n) is 13.6. The van der Waals surface area contributed by atoms with E-state index in [2.05, 4.69) is 52.1 Å². The quantitative estimate of drug-likeness (QED) is 0.560. The van der Waals surface area contributed by atoms with Gasteiger partial charge in [-0.3, -0.25) is 4.90 Å². The first kappa shape index (κ1) is 17.3. The van der Waals surface area contributed by atoms with Crippen LogP contribution in [-0.4, -0.2) is 18.5 Å². The van der Waals surface area contributed by atoms with Gasteiger partial charge in [-0.2, -0.15) is 0 Å². The topological polar surface area (TPSA) is 25.6 Å². The van der Waals surface area contributed by atoms with Crippen molar-refractivity contribution in [3.63, 3.8) is 0 Å². The number of fused-ring (bicyclic) bond motifs is 2. The molecule has 1 aromatic heterocycles. The molecule has 0 saturated heterocycles. The van der Waals surface area contributed by atoms with Gasteiger partial charge in [-0.1, -0.05) is 30.3 Å². The van der Waals surface area contributed by atoms with E-state index in [1.165, 1.54) is 10.9 Å². The van der Waals surface area contributed by atoms with Gasteiger partial charge in [0.15, 0.2) is 0 Å². The average molecular weight is 409 g/mol. The van der Waals surface area contributed by atoms with E-state index < -0.39 is 0 Å². The maximum Gasteiger partial charge on any atom is 0.140 e. The van der Waals surface area contributed by atoms with E-state index in [0.29, 0.717) is 0 Å². The molecule has 0 radical (unpaired) electrons. The number of rotatable bonds is 2. The van der Waals surface area contributed by atoms with Crippen molar-refractivity contribution in [1.29, 1.82) is 0 Å². The van der Waals surface area contributed by atoms with Crippen LogP contribution in [0.3, 0.4) is 0 Å². The minimum absolute atomic E-state index is 0. The van der Waals surface area contributed by atoms with Gasteiger partial charge in [-0.05, 0) is 52.8 Å². The van der Waals surface area contributed by atoms with E-state index in [-0.39, 0.29) is 18.5 Å². The van der Waals surface area contributed by atoms with Gasteiger partial charge in [0, 0.05) is 12.1 Å². The summed E-state index contributed by atoms with van der Waals surface area (Å²) in [6, 6.07) is 14.5. The molecular weight excluding hydrogens is 390 g/mol. The maximum atomic E-state index is 6.36. The van der Waals surface area contributed by atoms with Crippen LogP contribution in [-0.2, 0) is 6.54 Å². The number of aryl methyl sites for hydroxylation is 1. The maximum absolute atomic E-state index is 6.36. The fourth-order valence-corrected chi connectivity index (χ4v) is 3.81. The van der Waals surface area contributed by atoms with Crippen LogP contribution in [0.25, 0.3) is 10.8 Å². The number of nitrogens with zero attached hydrogens (tertiary/aromatic N) is 1. The predicted molar refractivity (Wildman–Crippen MR) is 102 cm³/mol. The third-order valence-electron chi connectivity index (χ3n) is 4.30. The van der Waals surface area contributed by atoms with Gasteiger partial charge >= 0.3 is 0 Å². The van der Waals surface area contributed by atoms with Crippen molar-refractivity contribution >= 4 is 39.1 Å². The molecule has 4 rings (SSSR count). The molecule has 1 aliphatic rings.